The van der Waals surface area contributed by atoms with Crippen LogP contribution in [0.15, 0.2) is 41.0 Å². The molecule has 0 heteroatoms. The van der Waals surface area contributed by atoms with Crippen molar-refractivity contribution in [1.29, 1.82) is 0 Å². The van der Waals surface area contributed by atoms with Gasteiger partial charge in [-0.3, -0.25) is 0 Å². The van der Waals surface area contributed by atoms with Gasteiger partial charge in [-0.15, -0.1) is 0 Å². The maximum atomic E-state index is 2.43. The highest BCUT2D eigenvalue weighted by Crippen LogP contribution is 2.48. The maximum Gasteiger partial charge on any atom is -0.00169 e. The number of hydrogen-bond acceptors (Lipinski definition) is 0. The SMILES string of the molecule is C1=C(C2=C3CCC(C3)C2)Cc2ccccc21. The summed E-state index contributed by atoms with van der Waals surface area (Å²) < 4.78 is 0. The van der Waals surface area contributed by atoms with Crippen LogP contribution in [-0.4, -0.2) is 0 Å². The summed E-state index contributed by atoms with van der Waals surface area (Å²) in [6.45, 7) is 0. The fourth-order valence-corrected chi connectivity index (χ4v) is 3.64. The number of hydrogen-bond donors (Lipinski definition) is 0. The topological polar surface area (TPSA) is 0 Å². The Morgan fingerprint density at radius 1 is 1.06 bits per heavy atom. The van der Waals surface area contributed by atoms with E-state index >= 15 is 0 Å². The van der Waals surface area contributed by atoms with Crippen molar-refractivity contribution in [3.05, 3.63) is 52.1 Å². The predicted octanol–water partition coefficient (Wildman–Crippen LogP) is 4.13. The van der Waals surface area contributed by atoms with Crippen molar-refractivity contribution in [3.63, 3.8) is 0 Å². The van der Waals surface area contributed by atoms with E-state index in [4.69, 9.17) is 0 Å². The molecule has 1 saturated carbocycles. The Morgan fingerprint density at radius 3 is 2.75 bits per heavy atom. The predicted molar refractivity (Wildman–Crippen MR) is 67.1 cm³/mol. The average Bonchev–Trinajstić information content (AvgIpc) is 3.02. The molecule has 0 spiro atoms. The van der Waals surface area contributed by atoms with Crippen LogP contribution in [0.3, 0.4) is 0 Å². The third-order valence-electron chi connectivity index (χ3n) is 4.46. The van der Waals surface area contributed by atoms with E-state index in [0.717, 1.165) is 5.92 Å². The molecule has 0 aromatic heterocycles. The first-order valence-electron chi connectivity index (χ1n) is 6.40. The van der Waals surface area contributed by atoms with E-state index in [-0.39, 0.29) is 0 Å². The van der Waals surface area contributed by atoms with Crippen LogP contribution in [0.2, 0.25) is 0 Å². The van der Waals surface area contributed by atoms with Gasteiger partial charge in [0.25, 0.3) is 0 Å². The normalized spacial score (nSPS) is 26.2. The lowest BCUT2D eigenvalue weighted by Crippen LogP contribution is -1.97. The first kappa shape index (κ1) is 8.81. The van der Waals surface area contributed by atoms with Gasteiger partial charge in [0.05, 0.1) is 0 Å². The molecule has 1 unspecified atom stereocenters. The molecule has 0 nitrogen and oxygen atoms in total. The third kappa shape index (κ3) is 1.16. The fourth-order valence-electron chi connectivity index (χ4n) is 3.64. The van der Waals surface area contributed by atoms with E-state index < -0.39 is 0 Å². The van der Waals surface area contributed by atoms with Crippen LogP contribution < -0.4 is 0 Å². The summed E-state index contributed by atoms with van der Waals surface area (Å²) >= 11 is 0. The van der Waals surface area contributed by atoms with E-state index in [1.807, 2.05) is 0 Å². The summed E-state index contributed by atoms with van der Waals surface area (Å²) in [5, 5.41) is 0. The van der Waals surface area contributed by atoms with Gasteiger partial charge in [-0.05, 0) is 60.3 Å². The summed E-state index contributed by atoms with van der Waals surface area (Å²) in [6, 6.07) is 8.84. The number of allylic oxidation sites excluding steroid dienone is 3. The Morgan fingerprint density at radius 2 is 2.00 bits per heavy atom. The van der Waals surface area contributed by atoms with Crippen molar-refractivity contribution in [3.8, 4) is 0 Å². The first-order valence-corrected chi connectivity index (χ1v) is 6.40. The van der Waals surface area contributed by atoms with Crippen LogP contribution in [0.4, 0.5) is 0 Å². The highest BCUT2D eigenvalue weighted by Gasteiger charge is 2.32. The van der Waals surface area contributed by atoms with Crippen molar-refractivity contribution in [2.24, 2.45) is 5.92 Å². The molecule has 0 radical (unpaired) electrons. The van der Waals surface area contributed by atoms with Crippen LogP contribution in [0.1, 0.15) is 36.8 Å². The van der Waals surface area contributed by atoms with E-state index in [0.29, 0.717) is 0 Å². The lowest BCUT2D eigenvalue weighted by molar-refractivity contribution is 0.565. The molecule has 3 aliphatic carbocycles. The maximum absolute atomic E-state index is 2.43. The zero-order valence-corrected chi connectivity index (χ0v) is 9.50. The van der Waals surface area contributed by atoms with Crippen molar-refractivity contribution in [2.45, 2.75) is 32.1 Å². The lowest BCUT2D eigenvalue weighted by Gasteiger charge is -2.12. The van der Waals surface area contributed by atoms with Gasteiger partial charge < -0.3 is 0 Å². The summed E-state index contributed by atoms with van der Waals surface area (Å²) in [7, 11) is 0. The molecule has 1 atom stereocenters. The molecule has 0 N–H and O–H groups in total. The summed E-state index contributed by atoms with van der Waals surface area (Å²) in [4.78, 5) is 0. The molecule has 0 aliphatic heterocycles. The molecular formula is C16H16. The van der Waals surface area contributed by atoms with Crippen molar-refractivity contribution in [2.75, 3.05) is 0 Å². The molecule has 1 aromatic carbocycles. The van der Waals surface area contributed by atoms with E-state index in [2.05, 4.69) is 30.3 Å². The minimum atomic E-state index is 0.995. The van der Waals surface area contributed by atoms with Crippen molar-refractivity contribution >= 4 is 6.08 Å². The Kier molecular flexibility index (Phi) is 1.71. The second kappa shape index (κ2) is 3.10. The summed E-state index contributed by atoms with van der Waals surface area (Å²) in [5.41, 5.74) is 8.11. The first-order chi connectivity index (χ1) is 7.90. The Labute approximate surface area is 96.7 Å². The van der Waals surface area contributed by atoms with Crippen LogP contribution in [-0.2, 0) is 6.42 Å². The second-order valence-corrected chi connectivity index (χ2v) is 5.44. The number of benzene rings is 1. The van der Waals surface area contributed by atoms with Gasteiger partial charge >= 0.3 is 0 Å². The zero-order valence-electron chi connectivity index (χ0n) is 9.50. The average molecular weight is 208 g/mol. The van der Waals surface area contributed by atoms with Gasteiger partial charge in [-0.2, -0.15) is 0 Å². The van der Waals surface area contributed by atoms with Gasteiger partial charge in [0.15, 0.2) is 0 Å². The molecule has 0 amide bonds. The smallest absolute Gasteiger partial charge is 0.00169 e. The third-order valence-corrected chi connectivity index (χ3v) is 4.46. The van der Waals surface area contributed by atoms with Gasteiger partial charge in [0.2, 0.25) is 0 Å². The minimum absolute atomic E-state index is 0.995. The standard InChI is InChI=1S/C16H16/c1-2-4-13-10-15(9-12(13)3-1)16-8-11-5-6-14(16)7-11/h1-4,9,11H,5-8,10H2. The monoisotopic (exact) mass is 208 g/mol. The van der Waals surface area contributed by atoms with Crippen LogP contribution in [0, 0.1) is 5.92 Å². The highest BCUT2D eigenvalue weighted by atomic mass is 14.4. The van der Waals surface area contributed by atoms with Gasteiger partial charge in [0.1, 0.15) is 0 Å². The number of fused-ring (bicyclic) bond motifs is 3. The Hall–Kier alpha value is -1.30. The molecular weight excluding hydrogens is 192 g/mol. The van der Waals surface area contributed by atoms with Crippen molar-refractivity contribution in [1.82, 2.24) is 0 Å². The van der Waals surface area contributed by atoms with E-state index in [1.54, 1.807) is 16.7 Å². The Balaban J connectivity index is 1.74. The molecule has 16 heavy (non-hydrogen) atoms. The highest BCUT2D eigenvalue weighted by molar-refractivity contribution is 5.69. The molecule has 0 saturated heterocycles. The Bertz CT molecular complexity index is 517. The van der Waals surface area contributed by atoms with E-state index in [1.165, 1.54) is 43.2 Å². The molecule has 3 aliphatic rings. The molecule has 2 bridgehead atoms. The van der Waals surface area contributed by atoms with Crippen LogP contribution in [0.25, 0.3) is 6.08 Å². The molecule has 0 heterocycles. The molecule has 1 aromatic rings. The van der Waals surface area contributed by atoms with Gasteiger partial charge in [-0.25, -0.2) is 0 Å². The molecule has 80 valence electrons. The van der Waals surface area contributed by atoms with Gasteiger partial charge in [-0.1, -0.05) is 35.9 Å². The lowest BCUT2D eigenvalue weighted by atomic mass is 9.92. The fraction of sp³-hybridized carbons (Fsp3) is 0.375. The molecule has 1 fully saturated rings. The van der Waals surface area contributed by atoms with Crippen molar-refractivity contribution < 1.29 is 0 Å². The van der Waals surface area contributed by atoms with Crippen LogP contribution in [0.5, 0.6) is 0 Å². The zero-order chi connectivity index (χ0) is 10.5. The largest absolute Gasteiger partial charge is 0.0664 e. The van der Waals surface area contributed by atoms with Crippen LogP contribution >= 0.6 is 0 Å². The van der Waals surface area contributed by atoms with E-state index in [9.17, 15) is 0 Å². The summed E-state index contributed by atoms with van der Waals surface area (Å²) in [5.74, 6) is 0.995. The second-order valence-electron chi connectivity index (χ2n) is 5.44. The number of rotatable bonds is 1. The minimum Gasteiger partial charge on any atom is -0.0664 e. The summed E-state index contributed by atoms with van der Waals surface area (Å²) in [6.07, 6.45) is 9.23. The quantitative estimate of drug-likeness (QED) is 0.651. The van der Waals surface area contributed by atoms with Gasteiger partial charge in [0, 0.05) is 0 Å². The molecule has 4 rings (SSSR count).